The first-order valence-corrected chi connectivity index (χ1v) is 6.47. The molecule has 0 aliphatic heterocycles. The Morgan fingerprint density at radius 2 is 1.86 bits per heavy atom. The second-order valence-electron chi connectivity index (χ2n) is 4.73. The molecule has 3 rings (SSSR count). The minimum absolute atomic E-state index is 0.0285. The maximum Gasteiger partial charge on any atom is 0.126 e. The minimum atomic E-state index is -0.985. The van der Waals surface area contributed by atoms with E-state index in [1.54, 1.807) is 24.4 Å². The van der Waals surface area contributed by atoms with Crippen LogP contribution in [0.1, 0.15) is 17.2 Å². The predicted molar refractivity (Wildman–Crippen MR) is 74.6 cm³/mol. The Bertz CT molecular complexity index is 787. The molecule has 1 N–H and O–H groups in total. The van der Waals surface area contributed by atoms with Gasteiger partial charge in [0.05, 0.1) is 17.1 Å². The number of aliphatic hydroxyl groups excluding tert-OH is 1. The van der Waals surface area contributed by atoms with Gasteiger partial charge in [0.1, 0.15) is 11.6 Å². The van der Waals surface area contributed by atoms with Crippen LogP contribution in [-0.2, 0) is 6.42 Å². The zero-order valence-electron chi connectivity index (χ0n) is 11.0. The molecule has 0 spiro atoms. The number of hydrogen-bond acceptors (Lipinski definition) is 3. The van der Waals surface area contributed by atoms with Gasteiger partial charge in [-0.05, 0) is 29.8 Å². The fourth-order valence-electron chi connectivity index (χ4n) is 2.30. The topological polar surface area (TPSA) is 46.0 Å². The molecular weight excluding hydrogens is 274 g/mol. The molecule has 0 saturated carbocycles. The fourth-order valence-corrected chi connectivity index (χ4v) is 2.30. The summed E-state index contributed by atoms with van der Waals surface area (Å²) in [6.45, 7) is 0. The van der Waals surface area contributed by atoms with E-state index >= 15 is 0 Å². The van der Waals surface area contributed by atoms with Crippen LogP contribution >= 0.6 is 0 Å². The smallest absolute Gasteiger partial charge is 0.126 e. The second-order valence-corrected chi connectivity index (χ2v) is 4.73. The first-order valence-electron chi connectivity index (χ1n) is 6.47. The SMILES string of the molecule is OC(Cc1cc(F)ccc1F)c1cccc2nccnc12. The number of para-hydroxylation sites is 1. The van der Waals surface area contributed by atoms with Gasteiger partial charge in [-0.2, -0.15) is 0 Å². The van der Waals surface area contributed by atoms with E-state index in [-0.39, 0.29) is 12.0 Å². The number of nitrogens with zero attached hydrogens (tertiary/aromatic N) is 2. The standard InChI is InChI=1S/C16H12F2N2O/c17-11-4-5-13(18)10(8-11)9-15(21)12-2-1-3-14-16(12)20-7-6-19-14/h1-8,15,21H,9H2. The highest BCUT2D eigenvalue weighted by Crippen LogP contribution is 2.25. The van der Waals surface area contributed by atoms with Crippen molar-refractivity contribution in [2.45, 2.75) is 12.5 Å². The third-order valence-corrected chi connectivity index (χ3v) is 3.31. The zero-order chi connectivity index (χ0) is 14.8. The van der Waals surface area contributed by atoms with Crippen LogP contribution in [0.5, 0.6) is 0 Å². The molecule has 21 heavy (non-hydrogen) atoms. The molecule has 1 heterocycles. The van der Waals surface area contributed by atoms with Gasteiger partial charge in [-0.25, -0.2) is 8.78 Å². The third-order valence-electron chi connectivity index (χ3n) is 3.31. The Kier molecular flexibility index (Phi) is 3.58. The van der Waals surface area contributed by atoms with E-state index in [4.69, 9.17) is 0 Å². The van der Waals surface area contributed by atoms with Crippen LogP contribution in [0.2, 0.25) is 0 Å². The van der Waals surface area contributed by atoms with Crippen LogP contribution in [0.4, 0.5) is 8.78 Å². The van der Waals surface area contributed by atoms with Crippen molar-refractivity contribution in [2.24, 2.45) is 0 Å². The Hall–Kier alpha value is -2.40. The summed E-state index contributed by atoms with van der Waals surface area (Å²) in [6.07, 6.45) is 2.08. The van der Waals surface area contributed by atoms with E-state index in [2.05, 4.69) is 9.97 Å². The lowest BCUT2D eigenvalue weighted by molar-refractivity contribution is 0.178. The van der Waals surface area contributed by atoms with E-state index in [0.29, 0.717) is 16.6 Å². The van der Waals surface area contributed by atoms with Crippen LogP contribution in [0.15, 0.2) is 48.8 Å². The number of fused-ring (bicyclic) bond motifs is 1. The van der Waals surface area contributed by atoms with Gasteiger partial charge in [0.15, 0.2) is 0 Å². The van der Waals surface area contributed by atoms with Crippen LogP contribution in [0.3, 0.4) is 0 Å². The fraction of sp³-hybridized carbons (Fsp3) is 0.125. The average molecular weight is 286 g/mol. The summed E-state index contributed by atoms with van der Waals surface area (Å²) in [5, 5.41) is 10.3. The molecule has 0 saturated heterocycles. The van der Waals surface area contributed by atoms with Gasteiger partial charge < -0.3 is 5.11 Å². The van der Waals surface area contributed by atoms with Crippen LogP contribution < -0.4 is 0 Å². The quantitative estimate of drug-likeness (QED) is 0.804. The average Bonchev–Trinajstić information content (AvgIpc) is 2.50. The van der Waals surface area contributed by atoms with E-state index in [1.165, 1.54) is 6.20 Å². The normalized spacial score (nSPS) is 12.5. The van der Waals surface area contributed by atoms with Crippen molar-refractivity contribution in [3.05, 3.63) is 71.6 Å². The monoisotopic (exact) mass is 286 g/mol. The highest BCUT2D eigenvalue weighted by atomic mass is 19.1. The largest absolute Gasteiger partial charge is 0.388 e. The molecule has 2 aromatic carbocycles. The number of aromatic nitrogens is 2. The summed E-state index contributed by atoms with van der Waals surface area (Å²) < 4.78 is 26.8. The molecule has 0 bridgehead atoms. The minimum Gasteiger partial charge on any atom is -0.388 e. The van der Waals surface area contributed by atoms with Crippen molar-refractivity contribution in [3.8, 4) is 0 Å². The molecule has 0 amide bonds. The molecule has 0 fully saturated rings. The van der Waals surface area contributed by atoms with E-state index in [9.17, 15) is 13.9 Å². The molecule has 0 aliphatic carbocycles. The Morgan fingerprint density at radius 1 is 1.05 bits per heavy atom. The number of rotatable bonds is 3. The maximum absolute atomic E-state index is 13.7. The molecule has 1 aromatic heterocycles. The number of benzene rings is 2. The summed E-state index contributed by atoms with van der Waals surface area (Å²) in [5.74, 6) is -1.07. The van der Waals surface area contributed by atoms with Gasteiger partial charge in [-0.1, -0.05) is 12.1 Å². The first-order chi connectivity index (χ1) is 10.1. The summed E-state index contributed by atoms with van der Waals surface area (Å²) in [4.78, 5) is 8.35. The molecule has 106 valence electrons. The number of hydrogen-bond donors (Lipinski definition) is 1. The Morgan fingerprint density at radius 3 is 2.71 bits per heavy atom. The van der Waals surface area contributed by atoms with Crippen molar-refractivity contribution in [2.75, 3.05) is 0 Å². The van der Waals surface area contributed by atoms with Crippen molar-refractivity contribution in [1.82, 2.24) is 9.97 Å². The van der Waals surface area contributed by atoms with E-state index < -0.39 is 17.7 Å². The van der Waals surface area contributed by atoms with Gasteiger partial charge in [-0.3, -0.25) is 9.97 Å². The van der Waals surface area contributed by atoms with Crippen molar-refractivity contribution < 1.29 is 13.9 Å². The van der Waals surface area contributed by atoms with Crippen molar-refractivity contribution >= 4 is 11.0 Å². The predicted octanol–water partition coefficient (Wildman–Crippen LogP) is 3.18. The Labute approximate surface area is 119 Å². The molecule has 3 aromatic rings. The lowest BCUT2D eigenvalue weighted by Gasteiger charge is -2.13. The third kappa shape index (κ3) is 2.73. The van der Waals surface area contributed by atoms with Gasteiger partial charge in [0.2, 0.25) is 0 Å². The molecule has 1 atom stereocenters. The summed E-state index contributed by atoms with van der Waals surface area (Å²) in [5.41, 5.74) is 1.88. The summed E-state index contributed by atoms with van der Waals surface area (Å²) in [7, 11) is 0. The van der Waals surface area contributed by atoms with E-state index in [1.807, 2.05) is 0 Å². The highest BCUT2D eigenvalue weighted by molar-refractivity contribution is 5.77. The number of halogens is 2. The lowest BCUT2D eigenvalue weighted by atomic mass is 9.99. The molecule has 1 unspecified atom stereocenters. The lowest BCUT2D eigenvalue weighted by Crippen LogP contribution is -2.05. The van der Waals surface area contributed by atoms with Crippen LogP contribution in [0.25, 0.3) is 11.0 Å². The molecular formula is C16H12F2N2O. The van der Waals surface area contributed by atoms with E-state index in [0.717, 1.165) is 18.2 Å². The molecule has 0 aliphatic rings. The van der Waals surface area contributed by atoms with Crippen LogP contribution in [0, 0.1) is 11.6 Å². The van der Waals surface area contributed by atoms with Gasteiger partial charge in [0.25, 0.3) is 0 Å². The van der Waals surface area contributed by atoms with Gasteiger partial charge >= 0.3 is 0 Å². The zero-order valence-corrected chi connectivity index (χ0v) is 11.0. The van der Waals surface area contributed by atoms with Gasteiger partial charge in [0, 0.05) is 24.4 Å². The maximum atomic E-state index is 13.7. The van der Waals surface area contributed by atoms with Crippen LogP contribution in [-0.4, -0.2) is 15.1 Å². The molecule has 5 heteroatoms. The van der Waals surface area contributed by atoms with Crippen molar-refractivity contribution in [1.29, 1.82) is 0 Å². The molecule has 0 radical (unpaired) electrons. The first kappa shape index (κ1) is 13.6. The Balaban J connectivity index is 1.97. The molecule has 3 nitrogen and oxygen atoms in total. The van der Waals surface area contributed by atoms with Crippen molar-refractivity contribution in [3.63, 3.8) is 0 Å². The second kappa shape index (κ2) is 5.54. The van der Waals surface area contributed by atoms with Gasteiger partial charge in [-0.15, -0.1) is 0 Å². The highest BCUT2D eigenvalue weighted by Gasteiger charge is 2.15. The summed E-state index contributed by atoms with van der Waals surface area (Å²) in [6, 6.07) is 8.43. The summed E-state index contributed by atoms with van der Waals surface area (Å²) >= 11 is 0. The number of aliphatic hydroxyl groups is 1.